The summed E-state index contributed by atoms with van der Waals surface area (Å²) in [4.78, 5) is 8.99. The molecule has 0 aliphatic carbocycles. The van der Waals surface area contributed by atoms with E-state index in [9.17, 15) is 4.57 Å². The zero-order valence-corrected chi connectivity index (χ0v) is 8.98. The molecular formula is C9H11ClO2P+. The second kappa shape index (κ2) is 4.71. The molecule has 1 unspecified atom stereocenters. The average Bonchev–Trinajstić information content (AvgIpc) is 2.04. The molecule has 2 nitrogen and oxygen atoms in total. The summed E-state index contributed by atoms with van der Waals surface area (Å²) in [5.41, 5.74) is 0.874. The highest BCUT2D eigenvalue weighted by Crippen LogP contribution is 2.20. The van der Waals surface area contributed by atoms with Crippen LogP contribution in [-0.4, -0.2) is 4.89 Å². The molecule has 0 spiro atoms. The number of hydrogen-bond acceptors (Lipinski definition) is 1. The van der Waals surface area contributed by atoms with Crippen LogP contribution < -0.4 is 5.30 Å². The van der Waals surface area contributed by atoms with E-state index in [4.69, 9.17) is 16.5 Å². The Morgan fingerprint density at radius 3 is 2.77 bits per heavy atom. The van der Waals surface area contributed by atoms with Crippen LogP contribution in [0.15, 0.2) is 18.2 Å². The molecule has 70 valence electrons. The van der Waals surface area contributed by atoms with E-state index in [1.807, 2.05) is 6.92 Å². The fraction of sp³-hybridized carbons (Fsp3) is 0.333. The van der Waals surface area contributed by atoms with Crippen LogP contribution in [0.5, 0.6) is 0 Å². The predicted octanol–water partition coefficient (Wildman–Crippen LogP) is 2.65. The predicted molar refractivity (Wildman–Crippen MR) is 54.9 cm³/mol. The Labute approximate surface area is 83.4 Å². The molecule has 0 aliphatic rings. The van der Waals surface area contributed by atoms with Gasteiger partial charge in [-0.3, -0.25) is 0 Å². The molecule has 0 amide bonds. The average molecular weight is 218 g/mol. The second-order valence-corrected chi connectivity index (χ2v) is 4.26. The summed E-state index contributed by atoms with van der Waals surface area (Å²) in [5, 5.41) is 1.12. The highest BCUT2D eigenvalue weighted by Gasteiger charge is 2.20. The van der Waals surface area contributed by atoms with Gasteiger partial charge in [0, 0.05) is 10.6 Å². The van der Waals surface area contributed by atoms with Gasteiger partial charge in [0.25, 0.3) is 0 Å². The van der Waals surface area contributed by atoms with Gasteiger partial charge in [-0.05, 0) is 29.2 Å². The van der Waals surface area contributed by atoms with Gasteiger partial charge in [-0.1, -0.05) is 24.9 Å². The minimum absolute atomic E-state index is 0.501. The minimum Gasteiger partial charge on any atom is -0.156 e. The molecule has 1 aromatic carbocycles. The first-order valence-electron chi connectivity index (χ1n) is 4.09. The van der Waals surface area contributed by atoms with Crippen molar-refractivity contribution in [2.45, 2.75) is 19.8 Å². The van der Waals surface area contributed by atoms with Crippen molar-refractivity contribution in [3.8, 4) is 0 Å². The highest BCUT2D eigenvalue weighted by atomic mass is 35.5. The maximum Gasteiger partial charge on any atom is 0.546 e. The summed E-state index contributed by atoms with van der Waals surface area (Å²) in [5.74, 6) is 0. The third-order valence-electron chi connectivity index (χ3n) is 1.77. The van der Waals surface area contributed by atoms with Gasteiger partial charge in [0.1, 0.15) is 0 Å². The fourth-order valence-electron chi connectivity index (χ4n) is 1.21. The van der Waals surface area contributed by atoms with Gasteiger partial charge in [0.2, 0.25) is 5.30 Å². The Kier molecular flexibility index (Phi) is 3.86. The van der Waals surface area contributed by atoms with Gasteiger partial charge in [-0.25, -0.2) is 0 Å². The topological polar surface area (TPSA) is 37.3 Å². The molecule has 0 aliphatic heterocycles. The summed E-state index contributed by atoms with van der Waals surface area (Å²) in [6.45, 7) is 2.02. The SMILES string of the molecule is CCCc1cc(Cl)ccc1[P+](=O)O. The number of halogens is 1. The van der Waals surface area contributed by atoms with E-state index in [1.54, 1.807) is 18.2 Å². The number of benzene rings is 1. The van der Waals surface area contributed by atoms with Crippen LogP contribution >= 0.6 is 19.6 Å². The molecule has 0 heterocycles. The van der Waals surface area contributed by atoms with Crippen LogP contribution in [0, 0.1) is 0 Å². The Morgan fingerprint density at radius 1 is 1.54 bits per heavy atom. The van der Waals surface area contributed by atoms with Crippen LogP contribution in [-0.2, 0) is 11.0 Å². The molecule has 0 saturated carbocycles. The first kappa shape index (κ1) is 10.6. The van der Waals surface area contributed by atoms with Crippen molar-refractivity contribution in [2.75, 3.05) is 0 Å². The lowest BCUT2D eigenvalue weighted by Crippen LogP contribution is -2.04. The molecule has 0 fully saturated rings. The third kappa shape index (κ3) is 2.77. The van der Waals surface area contributed by atoms with Crippen molar-refractivity contribution in [2.24, 2.45) is 0 Å². The summed E-state index contributed by atoms with van der Waals surface area (Å²) < 4.78 is 10.9. The van der Waals surface area contributed by atoms with Gasteiger partial charge in [-0.2, -0.15) is 4.89 Å². The van der Waals surface area contributed by atoms with E-state index in [-0.39, 0.29) is 0 Å². The molecule has 4 heteroatoms. The second-order valence-electron chi connectivity index (χ2n) is 2.80. The van der Waals surface area contributed by atoms with E-state index in [2.05, 4.69) is 0 Å². The first-order chi connectivity index (χ1) is 6.15. The minimum atomic E-state index is -2.25. The Morgan fingerprint density at radius 2 is 2.23 bits per heavy atom. The molecule has 0 bridgehead atoms. The molecule has 1 rings (SSSR count). The van der Waals surface area contributed by atoms with Gasteiger partial charge in [0.15, 0.2) is 0 Å². The molecule has 1 atom stereocenters. The first-order valence-corrected chi connectivity index (χ1v) is 5.68. The molecule has 0 radical (unpaired) electrons. The molecule has 0 saturated heterocycles. The fourth-order valence-corrected chi connectivity index (χ4v) is 2.03. The van der Waals surface area contributed by atoms with E-state index in [0.717, 1.165) is 18.4 Å². The monoisotopic (exact) mass is 217 g/mol. The molecular weight excluding hydrogens is 207 g/mol. The van der Waals surface area contributed by atoms with Gasteiger partial charge < -0.3 is 0 Å². The Bertz CT molecular complexity index is 325. The summed E-state index contributed by atoms with van der Waals surface area (Å²) >= 11 is 5.78. The molecule has 1 N–H and O–H groups in total. The van der Waals surface area contributed by atoms with Crippen molar-refractivity contribution in [3.05, 3.63) is 28.8 Å². The quantitative estimate of drug-likeness (QED) is 0.791. The zero-order chi connectivity index (χ0) is 9.84. The van der Waals surface area contributed by atoms with Crippen LogP contribution in [0.4, 0.5) is 0 Å². The van der Waals surface area contributed by atoms with Crippen LogP contribution in [0.3, 0.4) is 0 Å². The van der Waals surface area contributed by atoms with Gasteiger partial charge >= 0.3 is 8.03 Å². The van der Waals surface area contributed by atoms with E-state index >= 15 is 0 Å². The van der Waals surface area contributed by atoms with Crippen molar-refractivity contribution < 1.29 is 9.46 Å². The van der Waals surface area contributed by atoms with Crippen molar-refractivity contribution in [1.82, 2.24) is 0 Å². The highest BCUT2D eigenvalue weighted by molar-refractivity contribution is 7.47. The summed E-state index contributed by atoms with van der Waals surface area (Å²) in [6.07, 6.45) is 1.73. The summed E-state index contributed by atoms with van der Waals surface area (Å²) in [7, 11) is -2.25. The van der Waals surface area contributed by atoms with Crippen molar-refractivity contribution in [1.29, 1.82) is 0 Å². The van der Waals surface area contributed by atoms with Crippen LogP contribution in [0.2, 0.25) is 5.02 Å². The number of rotatable bonds is 3. The van der Waals surface area contributed by atoms with Gasteiger partial charge in [0.05, 0.1) is 0 Å². The van der Waals surface area contributed by atoms with E-state index < -0.39 is 8.03 Å². The van der Waals surface area contributed by atoms with Crippen molar-refractivity contribution in [3.63, 3.8) is 0 Å². The smallest absolute Gasteiger partial charge is 0.156 e. The zero-order valence-electron chi connectivity index (χ0n) is 7.33. The Balaban J connectivity index is 3.10. The van der Waals surface area contributed by atoms with E-state index in [1.165, 1.54) is 0 Å². The van der Waals surface area contributed by atoms with Crippen LogP contribution in [0.1, 0.15) is 18.9 Å². The lowest BCUT2D eigenvalue weighted by molar-refractivity contribution is 0.513. The maximum absolute atomic E-state index is 10.9. The lowest BCUT2D eigenvalue weighted by Gasteiger charge is -1.98. The number of aryl methyl sites for hydroxylation is 1. The van der Waals surface area contributed by atoms with Crippen molar-refractivity contribution >= 4 is 24.9 Å². The number of hydrogen-bond donors (Lipinski definition) is 1. The molecule has 0 aromatic heterocycles. The third-order valence-corrected chi connectivity index (χ3v) is 2.85. The largest absolute Gasteiger partial charge is 0.546 e. The molecule has 1 aromatic rings. The van der Waals surface area contributed by atoms with E-state index in [0.29, 0.717) is 10.3 Å². The standard InChI is InChI=1S/C9H10ClO2P/c1-2-3-7-6-8(10)4-5-9(7)13(11)12/h4-6H,2-3H2,1H3/p+1. The van der Waals surface area contributed by atoms with Gasteiger partial charge in [-0.15, -0.1) is 0 Å². The molecule has 13 heavy (non-hydrogen) atoms. The maximum atomic E-state index is 10.9. The summed E-state index contributed by atoms with van der Waals surface area (Å²) in [6, 6.07) is 5.01. The normalized spacial score (nSPS) is 11.5. The lowest BCUT2D eigenvalue weighted by atomic mass is 10.1. The van der Waals surface area contributed by atoms with Crippen LogP contribution in [0.25, 0.3) is 0 Å². The Hall–Kier alpha value is -0.430.